The number of amides is 1. The quantitative estimate of drug-likeness (QED) is 0.219. The molecule has 2 N–H and O–H groups in total. The molecule has 0 unspecified atom stereocenters. The molecule has 2 aromatic carbocycles. The maximum absolute atomic E-state index is 13.0. The van der Waals surface area contributed by atoms with Crippen molar-refractivity contribution in [3.05, 3.63) is 106 Å². The van der Waals surface area contributed by atoms with E-state index in [2.05, 4.69) is 38.1 Å². The number of hydrogen-bond donors (Lipinski definition) is 2. The second-order valence-corrected chi connectivity index (χ2v) is 10.8. The van der Waals surface area contributed by atoms with Crippen LogP contribution in [-0.2, 0) is 4.79 Å². The van der Waals surface area contributed by atoms with Crippen LogP contribution in [0.2, 0.25) is 10.0 Å². The topological polar surface area (TPSA) is 71.4 Å². The van der Waals surface area contributed by atoms with Crippen molar-refractivity contribution in [1.29, 1.82) is 0 Å². The largest absolute Gasteiger partial charge is 0.495 e. The molecule has 1 amide bonds. The average molecular weight is 595 g/mol. The number of carbonyl (C=O) groups excluding carboxylic acids is 1. The Kier molecular flexibility index (Phi) is 8.30. The van der Waals surface area contributed by atoms with Gasteiger partial charge in [0.1, 0.15) is 5.75 Å². The molecule has 4 aromatic rings. The van der Waals surface area contributed by atoms with Crippen molar-refractivity contribution in [1.82, 2.24) is 19.8 Å². The third kappa shape index (κ3) is 5.52. The average Bonchev–Trinajstić information content (AvgIpc) is 3.42. The SMILES string of the molecule is COc1ccccc1NC(=O)CCN1C(=S)N[C@H](c2ccccn2)[C@@H]1c1cc(C)n(-c2ccc(Cl)cc2Cl)c1C. The smallest absolute Gasteiger partial charge is 0.226 e. The van der Waals surface area contributed by atoms with Gasteiger partial charge in [0.15, 0.2) is 5.11 Å². The van der Waals surface area contributed by atoms with Gasteiger partial charge in [0.05, 0.1) is 41.3 Å². The molecule has 2 atom stereocenters. The zero-order valence-electron chi connectivity index (χ0n) is 22.3. The van der Waals surface area contributed by atoms with Gasteiger partial charge in [-0.25, -0.2) is 0 Å². The highest BCUT2D eigenvalue weighted by molar-refractivity contribution is 7.80. The van der Waals surface area contributed by atoms with E-state index >= 15 is 0 Å². The van der Waals surface area contributed by atoms with Crippen LogP contribution >= 0.6 is 35.4 Å². The maximum atomic E-state index is 13.0. The Hall–Kier alpha value is -3.59. The molecule has 5 rings (SSSR count). The summed E-state index contributed by atoms with van der Waals surface area (Å²) >= 11 is 18.6. The van der Waals surface area contributed by atoms with E-state index < -0.39 is 0 Å². The molecule has 0 radical (unpaired) electrons. The number of nitrogens with zero attached hydrogens (tertiary/aromatic N) is 3. The number of anilines is 1. The van der Waals surface area contributed by atoms with Crippen molar-refractivity contribution in [2.45, 2.75) is 32.4 Å². The zero-order valence-corrected chi connectivity index (χ0v) is 24.6. The van der Waals surface area contributed by atoms with E-state index in [1.807, 2.05) is 61.5 Å². The molecule has 0 spiro atoms. The molecule has 0 aliphatic carbocycles. The van der Waals surface area contributed by atoms with Crippen LogP contribution in [0.15, 0.2) is 72.9 Å². The first-order valence-corrected chi connectivity index (χ1v) is 14.0. The number of carbonyl (C=O) groups is 1. The van der Waals surface area contributed by atoms with Crippen LogP contribution in [0.3, 0.4) is 0 Å². The predicted molar refractivity (Wildman–Crippen MR) is 164 cm³/mol. The number of hydrogen-bond acceptors (Lipinski definition) is 4. The Labute approximate surface area is 249 Å². The van der Waals surface area contributed by atoms with Crippen molar-refractivity contribution in [2.24, 2.45) is 0 Å². The molecular weight excluding hydrogens is 565 g/mol. The van der Waals surface area contributed by atoms with Gasteiger partial charge in [-0.15, -0.1) is 0 Å². The molecule has 10 heteroatoms. The highest BCUT2D eigenvalue weighted by atomic mass is 35.5. The van der Waals surface area contributed by atoms with Gasteiger partial charge in [0.2, 0.25) is 5.91 Å². The number of aromatic nitrogens is 2. The fourth-order valence-electron chi connectivity index (χ4n) is 5.29. The third-order valence-electron chi connectivity index (χ3n) is 7.10. The summed E-state index contributed by atoms with van der Waals surface area (Å²) in [6.45, 7) is 4.52. The molecule has 1 aliphatic rings. The highest BCUT2D eigenvalue weighted by Gasteiger charge is 2.41. The zero-order chi connectivity index (χ0) is 28.4. The normalized spacial score (nSPS) is 16.6. The van der Waals surface area contributed by atoms with Crippen molar-refractivity contribution < 1.29 is 9.53 Å². The predicted octanol–water partition coefficient (Wildman–Crippen LogP) is 6.81. The van der Waals surface area contributed by atoms with Crippen LogP contribution in [0.5, 0.6) is 5.75 Å². The van der Waals surface area contributed by atoms with Gasteiger partial charge in [-0.3, -0.25) is 9.78 Å². The molecule has 2 aromatic heterocycles. The molecule has 7 nitrogen and oxygen atoms in total. The minimum absolute atomic E-state index is 0.134. The van der Waals surface area contributed by atoms with Crippen molar-refractivity contribution >= 4 is 52.1 Å². The van der Waals surface area contributed by atoms with Gasteiger partial charge in [0.25, 0.3) is 0 Å². The van der Waals surface area contributed by atoms with Gasteiger partial charge >= 0.3 is 0 Å². The Morgan fingerprint density at radius 1 is 1.10 bits per heavy atom. The monoisotopic (exact) mass is 593 g/mol. The minimum atomic E-state index is -0.208. The lowest BCUT2D eigenvalue weighted by Crippen LogP contribution is -2.33. The summed E-state index contributed by atoms with van der Waals surface area (Å²) in [4.78, 5) is 19.7. The van der Waals surface area contributed by atoms with Crippen LogP contribution in [0.25, 0.3) is 5.69 Å². The summed E-state index contributed by atoms with van der Waals surface area (Å²) in [6, 6.07) is 20.4. The molecule has 1 saturated heterocycles. The lowest BCUT2D eigenvalue weighted by Gasteiger charge is -2.28. The summed E-state index contributed by atoms with van der Waals surface area (Å²) in [5, 5.41) is 8.13. The first-order valence-electron chi connectivity index (χ1n) is 12.8. The first kappa shape index (κ1) is 28.0. The molecule has 1 aliphatic heterocycles. The van der Waals surface area contributed by atoms with E-state index in [0.717, 1.165) is 28.3 Å². The Balaban J connectivity index is 1.48. The number of aryl methyl sites for hydroxylation is 1. The fourth-order valence-corrected chi connectivity index (χ4v) is 6.11. The number of ether oxygens (including phenoxy) is 1. The number of thiocarbonyl (C=S) groups is 1. The number of nitrogens with one attached hydrogen (secondary N) is 2. The molecule has 1 fully saturated rings. The van der Waals surface area contributed by atoms with Gasteiger partial charge in [0, 0.05) is 35.6 Å². The van der Waals surface area contributed by atoms with Crippen LogP contribution in [0.4, 0.5) is 5.69 Å². The van der Waals surface area contributed by atoms with Crippen LogP contribution in [0, 0.1) is 13.8 Å². The standard InChI is InChI=1S/C30H29Cl2N5O2S/c1-18-16-21(19(2)37(18)25-12-11-20(31)17-22(25)32)29-28(24-9-6-7-14-33-24)35-30(40)36(29)15-13-27(38)34-23-8-4-5-10-26(23)39-3/h4-12,14,16-17,28-29H,13,15H2,1-3H3,(H,34,38)(H,35,40)/t28-,29+/m1/s1. The third-order valence-corrected chi connectivity index (χ3v) is 7.99. The molecule has 3 heterocycles. The summed E-state index contributed by atoms with van der Waals surface area (Å²) in [6.07, 6.45) is 2.00. The van der Waals surface area contributed by atoms with Gasteiger partial charge in [-0.2, -0.15) is 0 Å². The van der Waals surface area contributed by atoms with E-state index in [1.165, 1.54) is 0 Å². The Morgan fingerprint density at radius 2 is 1.88 bits per heavy atom. The maximum Gasteiger partial charge on any atom is 0.226 e. The van der Waals surface area contributed by atoms with Crippen LogP contribution in [-0.4, -0.2) is 39.1 Å². The molecular formula is C30H29Cl2N5O2S. The number of rotatable bonds is 8. The van der Waals surface area contributed by atoms with E-state index in [4.69, 9.17) is 40.2 Å². The van der Waals surface area contributed by atoms with Gasteiger partial charge < -0.3 is 24.8 Å². The molecule has 0 bridgehead atoms. The molecule has 206 valence electrons. The second kappa shape index (κ2) is 11.9. The summed E-state index contributed by atoms with van der Waals surface area (Å²) in [5.74, 6) is 0.473. The fraction of sp³-hybridized carbons (Fsp3) is 0.233. The molecule has 40 heavy (non-hydrogen) atoms. The van der Waals surface area contributed by atoms with Crippen molar-refractivity contribution in [2.75, 3.05) is 19.0 Å². The Morgan fingerprint density at radius 3 is 2.60 bits per heavy atom. The van der Waals surface area contributed by atoms with E-state index in [-0.39, 0.29) is 24.4 Å². The highest BCUT2D eigenvalue weighted by Crippen LogP contribution is 2.42. The number of benzene rings is 2. The van der Waals surface area contributed by atoms with Crippen LogP contribution in [0.1, 0.15) is 41.1 Å². The first-order chi connectivity index (χ1) is 19.3. The number of halogens is 2. The summed E-state index contributed by atoms with van der Waals surface area (Å²) in [5.41, 5.74) is 5.44. The van der Waals surface area contributed by atoms with E-state index in [0.29, 0.717) is 33.1 Å². The number of pyridine rings is 1. The summed E-state index contributed by atoms with van der Waals surface area (Å²) in [7, 11) is 1.58. The van der Waals surface area contributed by atoms with Crippen molar-refractivity contribution in [3.8, 4) is 11.4 Å². The number of para-hydroxylation sites is 2. The molecule has 0 saturated carbocycles. The second-order valence-electron chi connectivity index (χ2n) is 9.58. The summed E-state index contributed by atoms with van der Waals surface area (Å²) < 4.78 is 7.50. The van der Waals surface area contributed by atoms with Crippen LogP contribution < -0.4 is 15.4 Å². The lowest BCUT2D eigenvalue weighted by atomic mass is 9.96. The minimum Gasteiger partial charge on any atom is -0.495 e. The van der Waals surface area contributed by atoms with Crippen molar-refractivity contribution in [3.63, 3.8) is 0 Å². The lowest BCUT2D eigenvalue weighted by molar-refractivity contribution is -0.116. The Bertz CT molecular complexity index is 1560. The number of methoxy groups -OCH3 is 1. The van der Waals surface area contributed by atoms with Gasteiger partial charge in [-0.05, 0) is 80.2 Å². The van der Waals surface area contributed by atoms with Gasteiger partial charge in [-0.1, -0.05) is 41.4 Å². The van der Waals surface area contributed by atoms with E-state index in [9.17, 15) is 4.79 Å². The van der Waals surface area contributed by atoms with E-state index in [1.54, 1.807) is 19.4 Å².